The normalized spacial score (nSPS) is 10.6. The fourth-order valence-electron chi connectivity index (χ4n) is 2.41. The number of aryl methyl sites for hydroxylation is 2. The van der Waals surface area contributed by atoms with Gasteiger partial charge in [-0.05, 0) is 37.1 Å². The maximum atomic E-state index is 11.5. The number of hydrogen-bond donors (Lipinski definition) is 1. The number of ether oxygens (including phenoxy) is 1. The van der Waals surface area contributed by atoms with Crippen LogP contribution in [0.15, 0.2) is 43.2 Å². The van der Waals surface area contributed by atoms with Crippen LogP contribution in [0.25, 0.3) is 0 Å². The number of imidazole rings is 1. The quantitative estimate of drug-likeness (QED) is 0.354. The van der Waals surface area contributed by atoms with E-state index in [9.17, 15) is 10.1 Å². The summed E-state index contributed by atoms with van der Waals surface area (Å²) < 4.78 is 7.53. The molecule has 0 saturated carbocycles. The second-order valence-corrected chi connectivity index (χ2v) is 6.13. The van der Waals surface area contributed by atoms with Gasteiger partial charge in [0.25, 0.3) is 0 Å². The van der Waals surface area contributed by atoms with Crippen LogP contribution in [0.3, 0.4) is 0 Å². The SMILES string of the molecule is Cc1cc(Oc2ncnc(NCCCn3ccnc3)c2[N+](=O)[O-])ccc1Cl. The number of nitrogens with zero attached hydrogens (tertiary/aromatic N) is 5. The van der Waals surface area contributed by atoms with E-state index in [0.717, 1.165) is 18.5 Å². The first-order valence-electron chi connectivity index (χ1n) is 8.17. The molecule has 0 atom stereocenters. The van der Waals surface area contributed by atoms with Gasteiger partial charge in [-0.3, -0.25) is 10.1 Å². The number of hydrogen-bond acceptors (Lipinski definition) is 7. The Balaban J connectivity index is 1.73. The Morgan fingerprint density at radius 3 is 2.93 bits per heavy atom. The number of benzene rings is 1. The third-order valence-electron chi connectivity index (χ3n) is 3.76. The van der Waals surface area contributed by atoms with Crippen molar-refractivity contribution in [2.75, 3.05) is 11.9 Å². The summed E-state index contributed by atoms with van der Waals surface area (Å²) in [5, 5.41) is 15.1. The molecular formula is C17H17ClN6O3. The lowest BCUT2D eigenvalue weighted by atomic mass is 10.2. The Morgan fingerprint density at radius 1 is 1.37 bits per heavy atom. The molecule has 27 heavy (non-hydrogen) atoms. The predicted octanol–water partition coefficient (Wildman–Crippen LogP) is 3.84. The molecular weight excluding hydrogens is 372 g/mol. The van der Waals surface area contributed by atoms with Crippen molar-refractivity contribution >= 4 is 23.1 Å². The van der Waals surface area contributed by atoms with Crippen LogP contribution in [0.1, 0.15) is 12.0 Å². The Bertz CT molecular complexity index is 932. The Labute approximate surface area is 160 Å². The average molecular weight is 389 g/mol. The number of anilines is 1. The van der Waals surface area contributed by atoms with Gasteiger partial charge < -0.3 is 14.6 Å². The highest BCUT2D eigenvalue weighted by molar-refractivity contribution is 6.31. The van der Waals surface area contributed by atoms with Gasteiger partial charge in [-0.1, -0.05) is 11.6 Å². The summed E-state index contributed by atoms with van der Waals surface area (Å²) >= 11 is 5.99. The molecule has 0 aliphatic heterocycles. The van der Waals surface area contributed by atoms with Crippen molar-refractivity contribution in [1.29, 1.82) is 0 Å². The second-order valence-electron chi connectivity index (χ2n) is 5.73. The molecule has 3 rings (SSSR count). The predicted molar refractivity (Wildman–Crippen MR) is 100 cm³/mol. The minimum atomic E-state index is -0.559. The van der Waals surface area contributed by atoms with Crippen molar-refractivity contribution in [3.63, 3.8) is 0 Å². The fourth-order valence-corrected chi connectivity index (χ4v) is 2.53. The van der Waals surface area contributed by atoms with E-state index in [1.54, 1.807) is 30.7 Å². The van der Waals surface area contributed by atoms with Crippen LogP contribution in [0, 0.1) is 17.0 Å². The minimum Gasteiger partial charge on any atom is -0.434 e. The van der Waals surface area contributed by atoms with Gasteiger partial charge in [0.1, 0.15) is 12.1 Å². The molecule has 10 heteroatoms. The summed E-state index contributed by atoms with van der Waals surface area (Å²) in [4.78, 5) is 22.9. The largest absolute Gasteiger partial charge is 0.434 e. The smallest absolute Gasteiger partial charge is 0.373 e. The molecule has 140 valence electrons. The maximum Gasteiger partial charge on any atom is 0.373 e. The first kappa shape index (κ1) is 18.6. The second kappa shape index (κ2) is 8.45. The molecule has 1 aromatic carbocycles. The molecule has 0 radical (unpaired) electrons. The first-order chi connectivity index (χ1) is 13.0. The van der Waals surface area contributed by atoms with Crippen molar-refractivity contribution in [2.24, 2.45) is 0 Å². The van der Waals surface area contributed by atoms with Crippen molar-refractivity contribution in [3.8, 4) is 11.6 Å². The zero-order valence-electron chi connectivity index (χ0n) is 14.5. The van der Waals surface area contributed by atoms with E-state index in [1.807, 2.05) is 17.7 Å². The van der Waals surface area contributed by atoms with E-state index in [0.29, 0.717) is 17.3 Å². The van der Waals surface area contributed by atoms with Crippen molar-refractivity contribution in [3.05, 3.63) is 63.9 Å². The van der Waals surface area contributed by atoms with Gasteiger partial charge in [-0.15, -0.1) is 0 Å². The zero-order valence-corrected chi connectivity index (χ0v) is 15.3. The number of halogens is 1. The summed E-state index contributed by atoms with van der Waals surface area (Å²) in [5.41, 5.74) is 0.483. The molecule has 0 unspecified atom stereocenters. The van der Waals surface area contributed by atoms with Gasteiger partial charge in [0.05, 0.1) is 11.3 Å². The lowest BCUT2D eigenvalue weighted by molar-refractivity contribution is -0.385. The lowest BCUT2D eigenvalue weighted by Crippen LogP contribution is -2.10. The summed E-state index contributed by atoms with van der Waals surface area (Å²) in [7, 11) is 0. The molecule has 0 aliphatic carbocycles. The van der Waals surface area contributed by atoms with Crippen LogP contribution in [-0.4, -0.2) is 31.0 Å². The minimum absolute atomic E-state index is 0.112. The van der Waals surface area contributed by atoms with E-state index in [4.69, 9.17) is 16.3 Å². The van der Waals surface area contributed by atoms with E-state index < -0.39 is 4.92 Å². The lowest BCUT2D eigenvalue weighted by Gasteiger charge is -2.10. The Morgan fingerprint density at radius 2 is 2.22 bits per heavy atom. The summed E-state index contributed by atoms with van der Waals surface area (Å²) in [6.45, 7) is 3.05. The zero-order chi connectivity index (χ0) is 19.2. The molecule has 2 heterocycles. The molecule has 2 aromatic heterocycles. The molecule has 0 aliphatic rings. The van der Waals surface area contributed by atoms with Gasteiger partial charge in [-0.25, -0.2) is 9.97 Å². The van der Waals surface area contributed by atoms with Crippen LogP contribution in [0.4, 0.5) is 11.5 Å². The third kappa shape index (κ3) is 4.70. The number of aromatic nitrogens is 4. The highest BCUT2D eigenvalue weighted by Gasteiger charge is 2.25. The molecule has 9 nitrogen and oxygen atoms in total. The highest BCUT2D eigenvalue weighted by atomic mass is 35.5. The van der Waals surface area contributed by atoms with Crippen molar-refractivity contribution in [1.82, 2.24) is 19.5 Å². The molecule has 0 spiro atoms. The van der Waals surface area contributed by atoms with Crippen LogP contribution >= 0.6 is 11.6 Å². The topological polar surface area (TPSA) is 108 Å². The van der Waals surface area contributed by atoms with E-state index in [-0.39, 0.29) is 17.4 Å². The van der Waals surface area contributed by atoms with Gasteiger partial charge >= 0.3 is 11.6 Å². The summed E-state index contributed by atoms with van der Waals surface area (Å²) in [6, 6.07) is 4.97. The number of nitrogens with one attached hydrogen (secondary N) is 1. The van der Waals surface area contributed by atoms with E-state index in [2.05, 4.69) is 20.3 Å². The molecule has 3 aromatic rings. The fraction of sp³-hybridized carbons (Fsp3) is 0.235. The monoisotopic (exact) mass is 388 g/mol. The van der Waals surface area contributed by atoms with Gasteiger partial charge in [0.2, 0.25) is 5.82 Å². The summed E-state index contributed by atoms with van der Waals surface area (Å²) in [5.74, 6) is 0.389. The standard InChI is InChI=1S/C17H17ClN6O3/c1-12-9-13(3-4-14(12)18)27-17-15(24(25)26)16(21-10-22-17)20-5-2-7-23-8-6-19-11-23/h3-4,6,8-11H,2,5,7H2,1H3,(H,20,21,22). The molecule has 1 N–H and O–H groups in total. The van der Waals surface area contributed by atoms with Gasteiger partial charge in [-0.2, -0.15) is 4.98 Å². The average Bonchev–Trinajstić information content (AvgIpc) is 3.15. The Kier molecular flexibility index (Phi) is 5.82. The van der Waals surface area contributed by atoms with Crippen LogP contribution in [0.2, 0.25) is 5.02 Å². The molecule has 0 amide bonds. The first-order valence-corrected chi connectivity index (χ1v) is 8.55. The van der Waals surface area contributed by atoms with Crippen LogP contribution < -0.4 is 10.1 Å². The van der Waals surface area contributed by atoms with E-state index in [1.165, 1.54) is 6.33 Å². The molecule has 0 saturated heterocycles. The maximum absolute atomic E-state index is 11.5. The third-order valence-corrected chi connectivity index (χ3v) is 4.18. The Hall–Kier alpha value is -3.20. The summed E-state index contributed by atoms with van der Waals surface area (Å²) in [6.07, 6.45) is 7.23. The van der Waals surface area contributed by atoms with Crippen LogP contribution in [0.5, 0.6) is 11.6 Å². The number of rotatable bonds is 8. The highest BCUT2D eigenvalue weighted by Crippen LogP contribution is 2.34. The van der Waals surface area contributed by atoms with E-state index >= 15 is 0 Å². The number of nitro groups is 1. The molecule has 0 fully saturated rings. The van der Waals surface area contributed by atoms with Crippen molar-refractivity contribution in [2.45, 2.75) is 19.9 Å². The van der Waals surface area contributed by atoms with Gasteiger partial charge in [0.15, 0.2) is 0 Å². The van der Waals surface area contributed by atoms with Gasteiger partial charge in [0, 0.05) is 30.5 Å². The molecule has 0 bridgehead atoms. The van der Waals surface area contributed by atoms with Crippen molar-refractivity contribution < 1.29 is 9.66 Å². The van der Waals surface area contributed by atoms with Crippen LogP contribution in [-0.2, 0) is 6.54 Å².